The molecule has 0 bridgehead atoms. The summed E-state index contributed by atoms with van der Waals surface area (Å²) in [6.45, 7) is 2.79. The van der Waals surface area contributed by atoms with Crippen molar-refractivity contribution in [3.05, 3.63) is 18.1 Å². The van der Waals surface area contributed by atoms with Gasteiger partial charge in [-0.3, -0.25) is 9.78 Å². The Morgan fingerprint density at radius 1 is 1.47 bits per heavy atom. The molecule has 5 nitrogen and oxygen atoms in total. The van der Waals surface area contributed by atoms with E-state index in [1.165, 1.54) is 12.4 Å². The standard InChI is InChI=1S/C10H16N4O/c1-2-3-4-5-13-10(15)8-6-12-7-9(11)14-8/h6-7H,2-5H2,1H3,(H2,11,14)(H,13,15). The van der Waals surface area contributed by atoms with Crippen molar-refractivity contribution in [3.8, 4) is 0 Å². The van der Waals surface area contributed by atoms with E-state index in [9.17, 15) is 4.79 Å². The van der Waals surface area contributed by atoms with Gasteiger partial charge in [-0.2, -0.15) is 0 Å². The number of hydrogen-bond acceptors (Lipinski definition) is 4. The molecule has 3 N–H and O–H groups in total. The summed E-state index contributed by atoms with van der Waals surface area (Å²) in [6.07, 6.45) is 6.05. The summed E-state index contributed by atoms with van der Waals surface area (Å²) in [5.41, 5.74) is 5.69. The lowest BCUT2D eigenvalue weighted by Crippen LogP contribution is -2.25. The Bertz CT molecular complexity index is 327. The highest BCUT2D eigenvalue weighted by Crippen LogP contribution is 1.97. The Balaban J connectivity index is 2.40. The van der Waals surface area contributed by atoms with Gasteiger partial charge in [0.1, 0.15) is 11.5 Å². The second-order valence-corrected chi connectivity index (χ2v) is 3.29. The number of anilines is 1. The number of unbranched alkanes of at least 4 members (excludes halogenated alkanes) is 2. The zero-order valence-corrected chi connectivity index (χ0v) is 8.86. The Labute approximate surface area is 89.1 Å². The molecule has 0 saturated carbocycles. The zero-order chi connectivity index (χ0) is 11.1. The molecule has 0 aromatic carbocycles. The maximum atomic E-state index is 11.5. The number of carbonyl (C=O) groups is 1. The molecule has 1 aromatic heterocycles. The maximum Gasteiger partial charge on any atom is 0.271 e. The molecule has 15 heavy (non-hydrogen) atoms. The van der Waals surface area contributed by atoms with E-state index in [-0.39, 0.29) is 17.4 Å². The first-order valence-corrected chi connectivity index (χ1v) is 5.09. The summed E-state index contributed by atoms with van der Waals surface area (Å²) in [7, 11) is 0. The van der Waals surface area contributed by atoms with Crippen LogP contribution in [0.4, 0.5) is 5.82 Å². The van der Waals surface area contributed by atoms with E-state index in [1.54, 1.807) is 0 Å². The van der Waals surface area contributed by atoms with Crippen LogP contribution in [0.5, 0.6) is 0 Å². The molecule has 0 aliphatic heterocycles. The highest BCUT2D eigenvalue weighted by Gasteiger charge is 2.06. The molecule has 0 fully saturated rings. The Hall–Kier alpha value is -1.65. The van der Waals surface area contributed by atoms with E-state index < -0.39 is 0 Å². The lowest BCUT2D eigenvalue weighted by molar-refractivity contribution is 0.0947. The third-order valence-electron chi connectivity index (χ3n) is 1.95. The monoisotopic (exact) mass is 208 g/mol. The van der Waals surface area contributed by atoms with Crippen molar-refractivity contribution in [3.63, 3.8) is 0 Å². The average molecular weight is 208 g/mol. The van der Waals surface area contributed by atoms with Gasteiger partial charge in [0, 0.05) is 6.54 Å². The topological polar surface area (TPSA) is 80.9 Å². The maximum absolute atomic E-state index is 11.5. The number of aromatic nitrogens is 2. The zero-order valence-electron chi connectivity index (χ0n) is 8.86. The minimum absolute atomic E-state index is 0.217. The first kappa shape index (κ1) is 11.4. The number of carbonyl (C=O) groups excluding carboxylic acids is 1. The molecular weight excluding hydrogens is 192 g/mol. The quantitative estimate of drug-likeness (QED) is 0.707. The molecule has 0 saturated heterocycles. The fourth-order valence-corrected chi connectivity index (χ4v) is 1.16. The number of nitrogens with zero attached hydrogens (tertiary/aromatic N) is 2. The van der Waals surface area contributed by atoms with Gasteiger partial charge in [0.15, 0.2) is 0 Å². The lowest BCUT2D eigenvalue weighted by atomic mass is 10.2. The molecule has 1 amide bonds. The van der Waals surface area contributed by atoms with Gasteiger partial charge >= 0.3 is 0 Å². The Morgan fingerprint density at radius 2 is 2.27 bits per heavy atom. The molecule has 0 atom stereocenters. The van der Waals surface area contributed by atoms with Crippen LogP contribution in [0.3, 0.4) is 0 Å². The van der Waals surface area contributed by atoms with Crippen LogP contribution in [0.25, 0.3) is 0 Å². The number of nitrogens with one attached hydrogen (secondary N) is 1. The van der Waals surface area contributed by atoms with E-state index in [4.69, 9.17) is 5.73 Å². The van der Waals surface area contributed by atoms with E-state index in [0.717, 1.165) is 19.3 Å². The first-order valence-electron chi connectivity index (χ1n) is 5.09. The third-order valence-corrected chi connectivity index (χ3v) is 1.95. The highest BCUT2D eigenvalue weighted by molar-refractivity contribution is 5.92. The minimum Gasteiger partial charge on any atom is -0.382 e. The summed E-state index contributed by atoms with van der Waals surface area (Å²) in [5, 5.41) is 2.76. The van der Waals surface area contributed by atoms with Crippen LogP contribution in [-0.4, -0.2) is 22.4 Å². The van der Waals surface area contributed by atoms with Gasteiger partial charge in [-0.05, 0) is 6.42 Å². The Kier molecular flexibility index (Phi) is 4.53. The molecular formula is C10H16N4O. The lowest BCUT2D eigenvalue weighted by Gasteiger charge is -2.03. The van der Waals surface area contributed by atoms with Crippen molar-refractivity contribution in [2.75, 3.05) is 12.3 Å². The van der Waals surface area contributed by atoms with Crippen LogP contribution in [-0.2, 0) is 0 Å². The van der Waals surface area contributed by atoms with Gasteiger partial charge in [0.25, 0.3) is 5.91 Å². The van der Waals surface area contributed by atoms with Crippen molar-refractivity contribution in [1.29, 1.82) is 0 Å². The summed E-state index contributed by atoms with van der Waals surface area (Å²) < 4.78 is 0. The fraction of sp³-hybridized carbons (Fsp3) is 0.500. The summed E-state index contributed by atoms with van der Waals surface area (Å²) in [5.74, 6) is 0.0436. The SMILES string of the molecule is CCCCCNC(=O)c1cncc(N)n1. The predicted octanol–water partition coefficient (Wildman–Crippen LogP) is 0.979. The molecule has 0 aliphatic rings. The molecule has 82 valence electrons. The molecule has 5 heteroatoms. The van der Waals surface area contributed by atoms with Gasteiger partial charge < -0.3 is 11.1 Å². The van der Waals surface area contributed by atoms with Crippen LogP contribution in [0.1, 0.15) is 36.7 Å². The largest absolute Gasteiger partial charge is 0.382 e. The van der Waals surface area contributed by atoms with Crippen molar-refractivity contribution in [1.82, 2.24) is 15.3 Å². The van der Waals surface area contributed by atoms with Gasteiger partial charge in [0.05, 0.1) is 12.4 Å². The van der Waals surface area contributed by atoms with E-state index >= 15 is 0 Å². The number of amides is 1. The first-order chi connectivity index (χ1) is 7.24. The third kappa shape index (κ3) is 3.93. The average Bonchev–Trinajstić information content (AvgIpc) is 2.24. The smallest absolute Gasteiger partial charge is 0.271 e. The van der Waals surface area contributed by atoms with Crippen LogP contribution in [0.2, 0.25) is 0 Å². The number of hydrogen-bond donors (Lipinski definition) is 2. The second kappa shape index (κ2) is 5.95. The van der Waals surface area contributed by atoms with Crippen LogP contribution in [0, 0.1) is 0 Å². The number of rotatable bonds is 5. The van der Waals surface area contributed by atoms with Crippen molar-refractivity contribution < 1.29 is 4.79 Å². The van der Waals surface area contributed by atoms with Crippen LogP contribution >= 0.6 is 0 Å². The minimum atomic E-state index is -0.217. The highest BCUT2D eigenvalue weighted by atomic mass is 16.1. The predicted molar refractivity (Wildman–Crippen MR) is 58.3 cm³/mol. The van der Waals surface area contributed by atoms with Crippen LogP contribution in [0.15, 0.2) is 12.4 Å². The second-order valence-electron chi connectivity index (χ2n) is 3.29. The molecule has 1 heterocycles. The van der Waals surface area contributed by atoms with Crippen LogP contribution < -0.4 is 11.1 Å². The summed E-state index contributed by atoms with van der Waals surface area (Å²) >= 11 is 0. The molecule has 0 unspecified atom stereocenters. The number of nitrogens with two attached hydrogens (primary N) is 1. The number of nitrogen functional groups attached to an aromatic ring is 1. The van der Waals surface area contributed by atoms with Crippen molar-refractivity contribution >= 4 is 11.7 Å². The van der Waals surface area contributed by atoms with Gasteiger partial charge in [-0.1, -0.05) is 19.8 Å². The normalized spacial score (nSPS) is 9.93. The van der Waals surface area contributed by atoms with Gasteiger partial charge in [-0.25, -0.2) is 4.98 Å². The molecule has 0 spiro atoms. The molecule has 0 aliphatic carbocycles. The molecule has 1 aromatic rings. The molecule has 0 radical (unpaired) electrons. The van der Waals surface area contributed by atoms with Crippen molar-refractivity contribution in [2.45, 2.75) is 26.2 Å². The van der Waals surface area contributed by atoms with Gasteiger partial charge in [0.2, 0.25) is 0 Å². The molecule has 1 rings (SSSR count). The van der Waals surface area contributed by atoms with Crippen molar-refractivity contribution in [2.24, 2.45) is 0 Å². The fourth-order valence-electron chi connectivity index (χ4n) is 1.16. The summed E-state index contributed by atoms with van der Waals surface area (Å²) in [6, 6.07) is 0. The summed E-state index contributed by atoms with van der Waals surface area (Å²) in [4.78, 5) is 19.2. The van der Waals surface area contributed by atoms with E-state index in [0.29, 0.717) is 6.54 Å². The van der Waals surface area contributed by atoms with E-state index in [2.05, 4.69) is 22.2 Å². The van der Waals surface area contributed by atoms with E-state index in [1.807, 2.05) is 0 Å². The van der Waals surface area contributed by atoms with Gasteiger partial charge in [-0.15, -0.1) is 0 Å². The Morgan fingerprint density at radius 3 is 2.93 bits per heavy atom.